The quantitative estimate of drug-likeness (QED) is 0.896. The van der Waals surface area contributed by atoms with Crippen LogP contribution in [-0.4, -0.2) is 12.8 Å². The zero-order valence-corrected chi connectivity index (χ0v) is 13.1. The van der Waals surface area contributed by atoms with Crippen molar-refractivity contribution in [2.45, 2.75) is 18.5 Å². The van der Waals surface area contributed by atoms with Gasteiger partial charge in [-0.25, -0.2) is 0 Å². The third-order valence-electron chi connectivity index (χ3n) is 4.00. The summed E-state index contributed by atoms with van der Waals surface area (Å²) in [6, 6.07) is 6.83. The van der Waals surface area contributed by atoms with Gasteiger partial charge >= 0.3 is 6.18 Å². The van der Waals surface area contributed by atoms with E-state index in [1.165, 1.54) is 17.4 Å². The molecule has 0 saturated heterocycles. The van der Waals surface area contributed by atoms with E-state index in [2.05, 4.69) is 5.32 Å². The maximum atomic E-state index is 12.9. The minimum absolute atomic E-state index is 0.132. The third-order valence-corrected chi connectivity index (χ3v) is 4.70. The lowest BCUT2D eigenvalue weighted by Gasteiger charge is -2.11. The molecule has 1 N–H and O–H groups in total. The normalized spacial score (nSPS) is 18.6. The van der Waals surface area contributed by atoms with E-state index in [1.807, 2.05) is 16.8 Å². The van der Waals surface area contributed by atoms with Gasteiger partial charge in [0.15, 0.2) is 5.78 Å². The topological polar surface area (TPSA) is 29.1 Å². The van der Waals surface area contributed by atoms with Crippen LogP contribution in [0.3, 0.4) is 0 Å². The number of hydrogen-bond acceptors (Lipinski definition) is 3. The number of hydrogen-bond donors (Lipinski definition) is 1. The molecule has 3 rings (SSSR count). The molecule has 0 saturated carbocycles. The summed E-state index contributed by atoms with van der Waals surface area (Å²) in [6.07, 6.45) is -3.94. The predicted octanol–water partition coefficient (Wildman–Crippen LogP) is 4.45. The van der Waals surface area contributed by atoms with Gasteiger partial charge in [0.05, 0.1) is 11.5 Å². The first-order chi connectivity index (χ1) is 10.9. The summed E-state index contributed by atoms with van der Waals surface area (Å²) in [7, 11) is 1.69. The zero-order valence-electron chi connectivity index (χ0n) is 12.3. The highest BCUT2D eigenvalue weighted by molar-refractivity contribution is 7.08. The fourth-order valence-corrected chi connectivity index (χ4v) is 3.57. The molecule has 1 atom stereocenters. The monoisotopic (exact) mass is 337 g/mol. The fraction of sp³-hybridized carbons (Fsp3) is 0.235. The molecule has 0 spiro atoms. The molecule has 1 unspecified atom stereocenters. The molecule has 1 aromatic carbocycles. The van der Waals surface area contributed by atoms with E-state index in [0.29, 0.717) is 23.3 Å². The van der Waals surface area contributed by atoms with Crippen molar-refractivity contribution >= 4 is 22.7 Å². The van der Waals surface area contributed by atoms with Crippen LogP contribution in [0, 0.1) is 0 Å². The SMILES string of the molecule is CNC1=C(c2cccc(C(F)(F)F)c2)C(=O)C(c2ccsc2)C1. The smallest absolute Gasteiger partial charge is 0.391 e. The number of ketones is 1. The number of benzene rings is 1. The Morgan fingerprint density at radius 3 is 2.65 bits per heavy atom. The van der Waals surface area contributed by atoms with Crippen LogP contribution in [-0.2, 0) is 11.0 Å². The Hall–Kier alpha value is -2.08. The minimum atomic E-state index is -4.43. The Kier molecular flexibility index (Phi) is 4.02. The first-order valence-electron chi connectivity index (χ1n) is 7.06. The number of alkyl halides is 3. The van der Waals surface area contributed by atoms with Gasteiger partial charge in [-0.2, -0.15) is 24.5 Å². The van der Waals surface area contributed by atoms with Crippen molar-refractivity contribution in [2.75, 3.05) is 7.05 Å². The molecule has 120 valence electrons. The second-order valence-corrected chi connectivity index (χ2v) is 6.14. The Bertz CT molecular complexity index is 762. The van der Waals surface area contributed by atoms with E-state index in [9.17, 15) is 18.0 Å². The lowest BCUT2D eigenvalue weighted by Crippen LogP contribution is -2.09. The van der Waals surface area contributed by atoms with Gasteiger partial charge in [-0.15, -0.1) is 0 Å². The number of thiophene rings is 1. The number of halogens is 3. The lowest BCUT2D eigenvalue weighted by atomic mass is 9.94. The molecule has 1 aliphatic carbocycles. The van der Waals surface area contributed by atoms with Crippen LogP contribution in [0.5, 0.6) is 0 Å². The molecule has 2 nitrogen and oxygen atoms in total. The van der Waals surface area contributed by atoms with Crippen molar-refractivity contribution in [3.8, 4) is 0 Å². The number of carbonyl (C=O) groups is 1. The molecule has 0 amide bonds. The van der Waals surface area contributed by atoms with Gasteiger partial charge in [-0.1, -0.05) is 12.1 Å². The van der Waals surface area contributed by atoms with E-state index in [-0.39, 0.29) is 11.7 Å². The summed E-state index contributed by atoms with van der Waals surface area (Å²) in [6.45, 7) is 0. The number of rotatable bonds is 3. The summed E-state index contributed by atoms with van der Waals surface area (Å²) in [5.74, 6) is -0.458. The van der Waals surface area contributed by atoms with Gasteiger partial charge < -0.3 is 5.32 Å². The van der Waals surface area contributed by atoms with Crippen molar-refractivity contribution in [3.05, 3.63) is 63.5 Å². The molecule has 0 aliphatic heterocycles. The summed E-state index contributed by atoms with van der Waals surface area (Å²) in [5, 5.41) is 6.77. The van der Waals surface area contributed by atoms with E-state index < -0.39 is 11.7 Å². The molecule has 2 aromatic rings. The molecule has 1 aliphatic rings. The maximum Gasteiger partial charge on any atom is 0.416 e. The largest absolute Gasteiger partial charge is 0.416 e. The molecule has 0 bridgehead atoms. The summed E-state index contributed by atoms with van der Waals surface area (Å²) < 4.78 is 38.7. The number of carbonyl (C=O) groups excluding carboxylic acids is 1. The lowest BCUT2D eigenvalue weighted by molar-refractivity contribution is -0.137. The molecule has 1 aromatic heterocycles. The molecular weight excluding hydrogens is 323 g/mol. The van der Waals surface area contributed by atoms with Crippen LogP contribution in [0.15, 0.2) is 46.8 Å². The Morgan fingerprint density at radius 2 is 2.04 bits per heavy atom. The zero-order chi connectivity index (χ0) is 16.6. The summed E-state index contributed by atoms with van der Waals surface area (Å²) in [4.78, 5) is 12.8. The molecular formula is C17H14F3NOS. The van der Waals surface area contributed by atoms with Gasteiger partial charge in [-0.05, 0) is 40.1 Å². The number of allylic oxidation sites excluding steroid dienone is 2. The van der Waals surface area contributed by atoms with Gasteiger partial charge in [0.2, 0.25) is 0 Å². The van der Waals surface area contributed by atoms with Gasteiger partial charge in [0, 0.05) is 24.7 Å². The first-order valence-corrected chi connectivity index (χ1v) is 8.01. The van der Waals surface area contributed by atoms with Gasteiger partial charge in [0.25, 0.3) is 0 Å². The van der Waals surface area contributed by atoms with Crippen LogP contribution in [0.25, 0.3) is 5.57 Å². The second kappa shape index (κ2) is 5.85. The molecule has 1 heterocycles. The Labute approximate surface area is 135 Å². The maximum absolute atomic E-state index is 12.9. The van der Waals surface area contributed by atoms with Crippen molar-refractivity contribution < 1.29 is 18.0 Å². The van der Waals surface area contributed by atoms with E-state index in [0.717, 1.165) is 17.7 Å². The number of Topliss-reactive ketones (excluding diaryl/α,β-unsaturated/α-hetero) is 1. The van der Waals surface area contributed by atoms with Gasteiger partial charge in [0.1, 0.15) is 0 Å². The highest BCUT2D eigenvalue weighted by Gasteiger charge is 2.36. The first kappa shape index (κ1) is 15.8. The highest BCUT2D eigenvalue weighted by Crippen LogP contribution is 2.41. The van der Waals surface area contributed by atoms with Crippen molar-refractivity contribution in [1.29, 1.82) is 0 Å². The van der Waals surface area contributed by atoms with Crippen LogP contribution in [0.1, 0.15) is 29.0 Å². The van der Waals surface area contributed by atoms with E-state index in [1.54, 1.807) is 13.1 Å². The van der Waals surface area contributed by atoms with Crippen LogP contribution < -0.4 is 5.32 Å². The highest BCUT2D eigenvalue weighted by atomic mass is 32.1. The Morgan fingerprint density at radius 1 is 1.26 bits per heavy atom. The molecule has 0 fully saturated rings. The second-order valence-electron chi connectivity index (χ2n) is 5.36. The summed E-state index contributed by atoms with van der Waals surface area (Å²) in [5.41, 5.74) is 1.52. The Balaban J connectivity index is 2.02. The fourth-order valence-electron chi connectivity index (χ4n) is 2.86. The average molecular weight is 337 g/mol. The van der Waals surface area contributed by atoms with E-state index in [4.69, 9.17) is 0 Å². The molecule has 6 heteroatoms. The minimum Gasteiger partial charge on any atom is -0.391 e. The van der Waals surface area contributed by atoms with Crippen LogP contribution >= 0.6 is 11.3 Å². The van der Waals surface area contributed by atoms with Crippen molar-refractivity contribution in [1.82, 2.24) is 5.32 Å². The number of nitrogens with one attached hydrogen (secondary N) is 1. The average Bonchev–Trinajstić information content (AvgIpc) is 3.13. The predicted molar refractivity (Wildman–Crippen MR) is 84.1 cm³/mol. The summed E-state index contributed by atoms with van der Waals surface area (Å²) >= 11 is 1.50. The van der Waals surface area contributed by atoms with Crippen LogP contribution in [0.4, 0.5) is 13.2 Å². The third kappa shape index (κ3) is 2.91. The van der Waals surface area contributed by atoms with Crippen LogP contribution in [0.2, 0.25) is 0 Å². The standard InChI is InChI=1S/C17H14F3NOS/c1-21-14-8-13(11-5-6-23-9-11)16(22)15(14)10-3-2-4-12(7-10)17(18,19)20/h2-7,9,13,21H,8H2,1H3. The molecule has 0 radical (unpaired) electrons. The van der Waals surface area contributed by atoms with Crippen molar-refractivity contribution in [2.24, 2.45) is 0 Å². The van der Waals surface area contributed by atoms with E-state index >= 15 is 0 Å². The molecule has 23 heavy (non-hydrogen) atoms. The van der Waals surface area contributed by atoms with Gasteiger partial charge in [-0.3, -0.25) is 4.79 Å². The van der Waals surface area contributed by atoms with Crippen molar-refractivity contribution in [3.63, 3.8) is 0 Å².